The molecule has 1 N–H and O–H groups in total. The van der Waals surface area contributed by atoms with Crippen LogP contribution < -0.4 is 14.8 Å². The zero-order chi connectivity index (χ0) is 26.4. The molecule has 3 aromatic rings. The topological polar surface area (TPSA) is 102 Å². The molecule has 3 amide bonds. The first-order valence-electron chi connectivity index (χ1n) is 11.0. The molecule has 37 heavy (non-hydrogen) atoms. The maximum Gasteiger partial charge on any atom is 0.293 e. The number of halogens is 1. The summed E-state index contributed by atoms with van der Waals surface area (Å²) in [5, 5.41) is 2.23. The van der Waals surface area contributed by atoms with E-state index >= 15 is 0 Å². The Morgan fingerprint density at radius 3 is 2.41 bits per heavy atom. The lowest BCUT2D eigenvalue weighted by Gasteiger charge is -2.11. The van der Waals surface area contributed by atoms with Gasteiger partial charge in [-0.05, 0) is 59.8 Å². The SMILES string of the molecule is COc1ccccc1NC(=O)COc1ccc(/C=C2\SC(=O)N(CC(=O)c3ccc(Br)cc3)C2=O)cc1. The predicted octanol–water partition coefficient (Wildman–Crippen LogP) is 5.39. The molecule has 1 fully saturated rings. The van der Waals surface area contributed by atoms with Crippen LogP contribution in [0.4, 0.5) is 10.5 Å². The Balaban J connectivity index is 1.33. The molecule has 188 valence electrons. The standard InChI is InChI=1S/C27H21BrN2O6S/c1-35-23-5-3-2-4-21(23)29-25(32)16-36-20-12-6-17(7-13-20)14-24-26(33)30(27(34)37-24)15-22(31)18-8-10-19(28)11-9-18/h2-14H,15-16H2,1H3,(H,29,32)/b24-14-. The molecule has 0 spiro atoms. The molecule has 0 atom stereocenters. The first kappa shape index (κ1) is 26.2. The molecule has 1 saturated heterocycles. The maximum atomic E-state index is 12.8. The average molecular weight is 581 g/mol. The van der Waals surface area contributed by atoms with Crippen molar-refractivity contribution in [2.75, 3.05) is 25.6 Å². The van der Waals surface area contributed by atoms with Gasteiger partial charge in [-0.15, -0.1) is 0 Å². The number of rotatable bonds is 9. The highest BCUT2D eigenvalue weighted by Gasteiger charge is 2.36. The second-order valence-corrected chi connectivity index (χ2v) is 9.71. The molecule has 8 nitrogen and oxygen atoms in total. The third-order valence-electron chi connectivity index (χ3n) is 5.27. The van der Waals surface area contributed by atoms with Gasteiger partial charge in [0.05, 0.1) is 24.2 Å². The number of carbonyl (C=O) groups is 4. The number of imide groups is 1. The van der Waals surface area contributed by atoms with Gasteiger partial charge in [0.2, 0.25) is 0 Å². The molecule has 0 bridgehead atoms. The largest absolute Gasteiger partial charge is 0.495 e. The Morgan fingerprint density at radius 1 is 1.00 bits per heavy atom. The Morgan fingerprint density at radius 2 is 1.70 bits per heavy atom. The number of ketones is 1. The summed E-state index contributed by atoms with van der Waals surface area (Å²) >= 11 is 4.09. The van der Waals surface area contributed by atoms with Crippen molar-refractivity contribution in [1.29, 1.82) is 0 Å². The first-order chi connectivity index (χ1) is 17.8. The number of ether oxygens (including phenoxy) is 2. The molecule has 1 aliphatic heterocycles. The van der Waals surface area contributed by atoms with E-state index < -0.39 is 11.1 Å². The second-order valence-electron chi connectivity index (χ2n) is 7.80. The fraction of sp³-hybridized carbons (Fsp3) is 0.111. The Kier molecular flexibility index (Phi) is 8.42. The number of nitrogens with zero attached hydrogens (tertiary/aromatic N) is 1. The van der Waals surface area contributed by atoms with Crippen molar-refractivity contribution in [2.45, 2.75) is 0 Å². The number of methoxy groups -OCH3 is 1. The first-order valence-corrected chi connectivity index (χ1v) is 12.6. The van der Waals surface area contributed by atoms with Crippen LogP contribution in [0.1, 0.15) is 15.9 Å². The van der Waals surface area contributed by atoms with Gasteiger partial charge >= 0.3 is 0 Å². The number of benzene rings is 3. The molecule has 0 aliphatic carbocycles. The summed E-state index contributed by atoms with van der Waals surface area (Å²) in [6.45, 7) is -0.532. The molecular formula is C27H21BrN2O6S. The van der Waals surface area contributed by atoms with Gasteiger partial charge in [0.25, 0.3) is 17.1 Å². The van der Waals surface area contributed by atoms with E-state index in [0.29, 0.717) is 28.3 Å². The Labute approximate surface area is 225 Å². The predicted molar refractivity (Wildman–Crippen MR) is 145 cm³/mol. The van der Waals surface area contributed by atoms with Crippen LogP contribution in [0.3, 0.4) is 0 Å². The number of hydrogen-bond donors (Lipinski definition) is 1. The van der Waals surface area contributed by atoms with Crippen molar-refractivity contribution in [1.82, 2.24) is 4.90 Å². The van der Waals surface area contributed by atoms with Crippen molar-refractivity contribution in [3.8, 4) is 11.5 Å². The van der Waals surface area contributed by atoms with Crippen LogP contribution in [0.25, 0.3) is 6.08 Å². The van der Waals surface area contributed by atoms with Gasteiger partial charge in [-0.1, -0.05) is 52.3 Å². The highest BCUT2D eigenvalue weighted by Crippen LogP contribution is 2.32. The summed E-state index contributed by atoms with van der Waals surface area (Å²) in [4.78, 5) is 51.0. The highest BCUT2D eigenvalue weighted by molar-refractivity contribution is 9.10. The summed E-state index contributed by atoms with van der Waals surface area (Å²) in [5.41, 5.74) is 1.62. The minimum Gasteiger partial charge on any atom is -0.495 e. The normalized spacial score (nSPS) is 14.1. The second kappa shape index (κ2) is 11.9. The summed E-state index contributed by atoms with van der Waals surface area (Å²) in [5.74, 6) is -0.191. The molecule has 3 aromatic carbocycles. The third kappa shape index (κ3) is 6.66. The minimum absolute atomic E-state index is 0.206. The Bertz CT molecular complexity index is 1370. The monoisotopic (exact) mass is 580 g/mol. The minimum atomic E-state index is -0.520. The van der Waals surface area contributed by atoms with Crippen LogP contribution in [0.15, 0.2) is 82.2 Å². The highest BCUT2D eigenvalue weighted by atomic mass is 79.9. The number of para-hydroxylation sites is 2. The quantitative estimate of drug-likeness (QED) is 0.267. The number of Topliss-reactive ketones (excluding diaryl/α,β-unsaturated/α-hetero) is 1. The van der Waals surface area contributed by atoms with Crippen LogP contribution in [-0.4, -0.2) is 48.0 Å². The zero-order valence-electron chi connectivity index (χ0n) is 19.6. The zero-order valence-corrected chi connectivity index (χ0v) is 22.0. The van der Waals surface area contributed by atoms with Crippen LogP contribution in [0, 0.1) is 0 Å². The van der Waals surface area contributed by atoms with Gasteiger partial charge in [-0.2, -0.15) is 0 Å². The van der Waals surface area contributed by atoms with E-state index in [1.165, 1.54) is 7.11 Å². The van der Waals surface area contributed by atoms with Crippen LogP contribution in [-0.2, 0) is 9.59 Å². The van der Waals surface area contributed by atoms with E-state index in [2.05, 4.69) is 21.2 Å². The average Bonchev–Trinajstić information content (AvgIpc) is 3.16. The summed E-state index contributed by atoms with van der Waals surface area (Å²) in [6, 6.07) is 20.5. The van der Waals surface area contributed by atoms with E-state index in [-0.39, 0.29) is 29.7 Å². The van der Waals surface area contributed by atoms with E-state index in [0.717, 1.165) is 21.1 Å². The summed E-state index contributed by atoms with van der Waals surface area (Å²) in [6.07, 6.45) is 1.58. The van der Waals surface area contributed by atoms with Crippen LogP contribution in [0.2, 0.25) is 0 Å². The molecule has 0 aromatic heterocycles. The number of amides is 3. The lowest BCUT2D eigenvalue weighted by molar-refractivity contribution is -0.122. The molecule has 0 saturated carbocycles. The molecule has 1 heterocycles. The number of carbonyl (C=O) groups excluding carboxylic acids is 4. The lowest BCUT2D eigenvalue weighted by atomic mass is 10.1. The van der Waals surface area contributed by atoms with Crippen LogP contribution >= 0.6 is 27.7 Å². The van der Waals surface area contributed by atoms with Crippen LogP contribution in [0.5, 0.6) is 11.5 Å². The van der Waals surface area contributed by atoms with E-state index in [1.54, 1.807) is 78.9 Å². The van der Waals surface area contributed by atoms with E-state index in [4.69, 9.17) is 9.47 Å². The molecule has 4 rings (SSSR count). The number of thioether (sulfide) groups is 1. The van der Waals surface area contributed by atoms with Gasteiger partial charge < -0.3 is 14.8 Å². The summed E-state index contributed by atoms with van der Waals surface area (Å²) < 4.78 is 11.6. The van der Waals surface area contributed by atoms with Gasteiger partial charge in [0.1, 0.15) is 11.5 Å². The molecule has 0 radical (unpaired) electrons. The van der Waals surface area contributed by atoms with Gasteiger partial charge in [-0.3, -0.25) is 24.1 Å². The van der Waals surface area contributed by atoms with Crippen molar-refractivity contribution in [3.63, 3.8) is 0 Å². The van der Waals surface area contributed by atoms with Crippen molar-refractivity contribution < 1.29 is 28.7 Å². The molecular weight excluding hydrogens is 560 g/mol. The van der Waals surface area contributed by atoms with Gasteiger partial charge in [-0.25, -0.2) is 0 Å². The van der Waals surface area contributed by atoms with Crippen molar-refractivity contribution in [3.05, 3.63) is 93.3 Å². The lowest BCUT2D eigenvalue weighted by Crippen LogP contribution is -2.33. The third-order valence-corrected chi connectivity index (χ3v) is 6.71. The van der Waals surface area contributed by atoms with Crippen molar-refractivity contribution >= 4 is 62.3 Å². The fourth-order valence-electron chi connectivity index (χ4n) is 3.40. The van der Waals surface area contributed by atoms with Gasteiger partial charge in [0, 0.05) is 10.0 Å². The number of nitrogens with one attached hydrogen (secondary N) is 1. The number of anilines is 1. The summed E-state index contributed by atoms with van der Waals surface area (Å²) in [7, 11) is 1.52. The van der Waals surface area contributed by atoms with E-state index in [1.807, 2.05) is 0 Å². The van der Waals surface area contributed by atoms with Gasteiger partial charge in [0.15, 0.2) is 12.4 Å². The van der Waals surface area contributed by atoms with E-state index in [9.17, 15) is 19.2 Å². The molecule has 0 unspecified atom stereocenters. The fourth-order valence-corrected chi connectivity index (χ4v) is 4.50. The Hall–Kier alpha value is -3.89. The molecule has 1 aliphatic rings. The van der Waals surface area contributed by atoms with Crippen molar-refractivity contribution in [2.24, 2.45) is 0 Å². The maximum absolute atomic E-state index is 12.8. The molecule has 10 heteroatoms. The smallest absolute Gasteiger partial charge is 0.293 e. The number of hydrogen-bond acceptors (Lipinski definition) is 7.